The molecule has 0 bridgehead atoms. The summed E-state index contributed by atoms with van der Waals surface area (Å²) in [6, 6.07) is 41.9. The highest BCUT2D eigenvalue weighted by atomic mass is 79.9. The zero-order chi connectivity index (χ0) is 35.7. The lowest BCUT2D eigenvalue weighted by Crippen LogP contribution is -2.30. The number of nitrogens with one attached hydrogen (secondary N) is 3. The lowest BCUT2D eigenvalue weighted by molar-refractivity contribution is -0.116. The van der Waals surface area contributed by atoms with Crippen LogP contribution < -0.4 is 16.0 Å². The van der Waals surface area contributed by atoms with Crippen LogP contribution in [0.3, 0.4) is 0 Å². The topological polar surface area (TPSA) is 100 Å². The summed E-state index contributed by atoms with van der Waals surface area (Å²) in [6.45, 7) is 1.90. The van der Waals surface area contributed by atoms with E-state index in [4.69, 9.17) is 16.0 Å². The molecular weight excluding hydrogens is 746 g/mol. The van der Waals surface area contributed by atoms with Gasteiger partial charge in [0, 0.05) is 43.0 Å². The maximum Gasteiger partial charge on any atom is 0.272 e. The Kier molecular flexibility index (Phi) is 11.5. The van der Waals surface area contributed by atoms with Crippen molar-refractivity contribution in [2.75, 3.05) is 10.6 Å². The SMILES string of the molecule is Cc1ccc(NC(=O)C(Sc2ccc(NC(=O)/C(=C/c3ccc(-c4ccc(Br)cc4)o3)NC(=O)c3ccccc3)cc2)c2ccccc2)cc1Cl. The van der Waals surface area contributed by atoms with E-state index in [0.29, 0.717) is 33.5 Å². The van der Waals surface area contributed by atoms with Gasteiger partial charge in [0.2, 0.25) is 5.91 Å². The molecule has 1 atom stereocenters. The van der Waals surface area contributed by atoms with E-state index < -0.39 is 17.1 Å². The molecule has 0 fully saturated rings. The van der Waals surface area contributed by atoms with Crippen LogP contribution in [0.5, 0.6) is 0 Å². The minimum Gasteiger partial charge on any atom is -0.457 e. The van der Waals surface area contributed by atoms with Crippen molar-refractivity contribution in [1.29, 1.82) is 0 Å². The van der Waals surface area contributed by atoms with E-state index in [2.05, 4.69) is 31.9 Å². The molecule has 10 heteroatoms. The van der Waals surface area contributed by atoms with Gasteiger partial charge in [-0.3, -0.25) is 14.4 Å². The average molecular weight is 777 g/mol. The summed E-state index contributed by atoms with van der Waals surface area (Å²) in [4.78, 5) is 41.1. The highest BCUT2D eigenvalue weighted by Crippen LogP contribution is 2.37. The van der Waals surface area contributed by atoms with Crippen molar-refractivity contribution in [2.45, 2.75) is 17.1 Å². The van der Waals surface area contributed by atoms with Gasteiger partial charge >= 0.3 is 0 Å². The molecule has 0 aliphatic heterocycles. The molecule has 51 heavy (non-hydrogen) atoms. The lowest BCUT2D eigenvalue weighted by Gasteiger charge is -2.18. The van der Waals surface area contributed by atoms with Crippen LogP contribution in [0.4, 0.5) is 11.4 Å². The molecule has 0 saturated carbocycles. The Balaban J connectivity index is 1.20. The number of carbonyl (C=O) groups is 3. The molecule has 0 aliphatic rings. The lowest BCUT2D eigenvalue weighted by atomic mass is 10.1. The smallest absolute Gasteiger partial charge is 0.272 e. The molecule has 3 N–H and O–H groups in total. The van der Waals surface area contributed by atoms with Crippen molar-refractivity contribution in [2.24, 2.45) is 0 Å². The van der Waals surface area contributed by atoms with E-state index in [-0.39, 0.29) is 11.6 Å². The normalized spacial score (nSPS) is 11.8. The average Bonchev–Trinajstić information content (AvgIpc) is 3.62. The zero-order valence-corrected chi connectivity index (χ0v) is 30.4. The third-order valence-electron chi connectivity index (χ3n) is 7.72. The van der Waals surface area contributed by atoms with Crippen LogP contribution in [0.15, 0.2) is 159 Å². The van der Waals surface area contributed by atoms with Gasteiger partial charge in [-0.2, -0.15) is 0 Å². The fourth-order valence-corrected chi connectivity index (χ4v) is 6.48. The highest BCUT2D eigenvalue weighted by molar-refractivity contribution is 9.10. The van der Waals surface area contributed by atoms with Gasteiger partial charge in [-0.1, -0.05) is 94.3 Å². The fraction of sp³-hybridized carbons (Fsp3) is 0.0488. The number of hydrogen-bond donors (Lipinski definition) is 3. The van der Waals surface area contributed by atoms with Crippen LogP contribution in [-0.2, 0) is 9.59 Å². The van der Waals surface area contributed by atoms with Gasteiger partial charge in [-0.25, -0.2) is 0 Å². The summed E-state index contributed by atoms with van der Waals surface area (Å²) in [5.74, 6) is -0.188. The number of aryl methyl sites for hydroxylation is 1. The van der Waals surface area contributed by atoms with Gasteiger partial charge in [0.05, 0.1) is 0 Å². The number of carbonyl (C=O) groups excluding carboxylic acids is 3. The first-order chi connectivity index (χ1) is 24.7. The maximum absolute atomic E-state index is 13.6. The van der Waals surface area contributed by atoms with Crippen LogP contribution >= 0.6 is 39.3 Å². The van der Waals surface area contributed by atoms with Gasteiger partial charge in [0.1, 0.15) is 22.5 Å². The number of benzene rings is 5. The molecular formula is C41H31BrClN3O4S. The monoisotopic (exact) mass is 775 g/mol. The first-order valence-corrected chi connectivity index (χ1v) is 17.9. The van der Waals surface area contributed by atoms with Crippen LogP contribution in [0.2, 0.25) is 5.02 Å². The number of halogens is 2. The summed E-state index contributed by atoms with van der Waals surface area (Å²) in [5.41, 5.74) is 4.11. The molecule has 7 nitrogen and oxygen atoms in total. The summed E-state index contributed by atoms with van der Waals surface area (Å²) in [6.07, 6.45) is 1.49. The largest absolute Gasteiger partial charge is 0.457 e. The number of thioether (sulfide) groups is 1. The highest BCUT2D eigenvalue weighted by Gasteiger charge is 2.23. The fourth-order valence-electron chi connectivity index (χ4n) is 5.01. The third-order valence-corrected chi connectivity index (χ3v) is 9.92. The molecule has 254 valence electrons. The Labute approximate surface area is 313 Å². The standard InChI is InChI=1S/C41H31BrClN3O4S/c1-26-12-17-32(24-35(26)43)45-41(49)38(28-8-4-2-5-9-28)51-34-21-18-31(19-22-34)44-40(48)36(46-39(47)29-10-6-3-7-11-29)25-33-20-23-37(50-33)27-13-15-30(42)16-14-27/h2-25,38H,1H3,(H,44,48)(H,45,49)(H,46,47)/b36-25-. The number of amides is 3. The van der Waals surface area contributed by atoms with E-state index in [1.165, 1.54) is 17.8 Å². The van der Waals surface area contributed by atoms with Crippen molar-refractivity contribution >= 4 is 74.5 Å². The molecule has 3 amide bonds. The zero-order valence-electron chi connectivity index (χ0n) is 27.2. The van der Waals surface area contributed by atoms with E-state index >= 15 is 0 Å². The molecule has 1 unspecified atom stereocenters. The van der Waals surface area contributed by atoms with Crippen molar-refractivity contribution in [3.05, 3.63) is 177 Å². The van der Waals surface area contributed by atoms with Crippen molar-refractivity contribution in [1.82, 2.24) is 5.32 Å². The summed E-state index contributed by atoms with van der Waals surface area (Å²) < 4.78 is 6.96. The van der Waals surface area contributed by atoms with Crippen LogP contribution in [0, 0.1) is 6.92 Å². The number of hydrogen-bond acceptors (Lipinski definition) is 5. The number of anilines is 2. The minimum atomic E-state index is -0.565. The number of furan rings is 1. The van der Waals surface area contributed by atoms with Gasteiger partial charge in [-0.05, 0) is 90.8 Å². The third kappa shape index (κ3) is 9.46. The molecule has 0 radical (unpaired) electrons. The Hall–Kier alpha value is -5.35. The molecule has 0 saturated heterocycles. The predicted molar refractivity (Wildman–Crippen MR) is 209 cm³/mol. The van der Waals surface area contributed by atoms with Crippen LogP contribution in [-0.4, -0.2) is 17.7 Å². The second kappa shape index (κ2) is 16.6. The van der Waals surface area contributed by atoms with Crippen molar-refractivity contribution in [3.8, 4) is 11.3 Å². The Bertz CT molecular complexity index is 2190. The Morgan fingerprint density at radius 1 is 0.765 bits per heavy atom. The van der Waals surface area contributed by atoms with Gasteiger partial charge in [-0.15, -0.1) is 11.8 Å². The first kappa shape index (κ1) is 35.5. The van der Waals surface area contributed by atoms with Gasteiger partial charge in [0.15, 0.2) is 0 Å². The van der Waals surface area contributed by atoms with Gasteiger partial charge in [0.25, 0.3) is 11.8 Å². The molecule has 0 aliphatic carbocycles. The molecule has 1 aromatic heterocycles. The molecule has 1 heterocycles. The molecule has 5 aromatic carbocycles. The van der Waals surface area contributed by atoms with Crippen molar-refractivity contribution in [3.63, 3.8) is 0 Å². The number of rotatable bonds is 11. The summed E-state index contributed by atoms with van der Waals surface area (Å²) in [7, 11) is 0. The molecule has 0 spiro atoms. The summed E-state index contributed by atoms with van der Waals surface area (Å²) in [5, 5.41) is 8.60. The van der Waals surface area contributed by atoms with E-state index in [1.54, 1.807) is 54.6 Å². The second-order valence-electron chi connectivity index (χ2n) is 11.4. The quantitative estimate of drug-likeness (QED) is 0.0899. The molecule has 6 aromatic rings. The first-order valence-electron chi connectivity index (χ1n) is 15.9. The Morgan fingerprint density at radius 2 is 1.43 bits per heavy atom. The van der Waals surface area contributed by atoms with Crippen LogP contribution in [0.25, 0.3) is 17.4 Å². The van der Waals surface area contributed by atoms with E-state index in [1.807, 2.05) is 91.9 Å². The van der Waals surface area contributed by atoms with E-state index in [9.17, 15) is 14.4 Å². The second-order valence-corrected chi connectivity index (χ2v) is 13.9. The maximum atomic E-state index is 13.6. The van der Waals surface area contributed by atoms with Gasteiger partial charge < -0.3 is 20.4 Å². The van der Waals surface area contributed by atoms with Crippen molar-refractivity contribution < 1.29 is 18.8 Å². The summed E-state index contributed by atoms with van der Waals surface area (Å²) >= 11 is 11.1. The predicted octanol–water partition coefficient (Wildman–Crippen LogP) is 10.6. The van der Waals surface area contributed by atoms with E-state index in [0.717, 1.165) is 26.1 Å². The molecule has 6 rings (SSSR count). The van der Waals surface area contributed by atoms with Crippen LogP contribution in [0.1, 0.15) is 32.5 Å². The Morgan fingerprint density at radius 3 is 2.12 bits per heavy atom. The minimum absolute atomic E-state index is 0.00367.